The summed E-state index contributed by atoms with van der Waals surface area (Å²) in [7, 11) is 1.78. The molecule has 1 heteroatoms. The Morgan fingerprint density at radius 2 is 2.14 bits per heavy atom. The van der Waals surface area contributed by atoms with Gasteiger partial charge in [-0.15, -0.1) is 0 Å². The maximum atomic E-state index is 5.11. The van der Waals surface area contributed by atoms with Crippen molar-refractivity contribution in [3.63, 3.8) is 0 Å². The van der Waals surface area contributed by atoms with E-state index in [2.05, 4.69) is 31.2 Å². The van der Waals surface area contributed by atoms with Crippen LogP contribution in [-0.2, 0) is 4.74 Å². The third kappa shape index (κ3) is 1.98. The normalized spacial score (nSPS) is 25.0. The van der Waals surface area contributed by atoms with Crippen LogP contribution < -0.4 is 0 Å². The molecule has 0 amide bonds. The number of rotatable bonds is 4. The van der Waals surface area contributed by atoms with E-state index >= 15 is 0 Å². The Labute approximate surface area is 86.1 Å². The van der Waals surface area contributed by atoms with Gasteiger partial charge in [-0.25, -0.2) is 0 Å². The van der Waals surface area contributed by atoms with E-state index in [-0.39, 0.29) is 0 Å². The van der Waals surface area contributed by atoms with E-state index in [1.807, 2.05) is 0 Å². The molecule has 2 rings (SSSR count). The van der Waals surface area contributed by atoms with Crippen molar-refractivity contribution in [3.8, 4) is 0 Å². The standard InChI is InChI=1S/C13H18O/c1-10-5-3-4-6-12(10)13-9-11(13)7-8-14-2/h3-6,11,13H,7-9H2,1-2H3. The van der Waals surface area contributed by atoms with Crippen LogP contribution in [0.2, 0.25) is 0 Å². The van der Waals surface area contributed by atoms with Gasteiger partial charge in [-0.05, 0) is 42.7 Å². The van der Waals surface area contributed by atoms with Gasteiger partial charge in [0.15, 0.2) is 0 Å². The zero-order chi connectivity index (χ0) is 9.97. The molecule has 0 spiro atoms. The van der Waals surface area contributed by atoms with Crippen LogP contribution in [0.5, 0.6) is 0 Å². The van der Waals surface area contributed by atoms with Crippen molar-refractivity contribution < 1.29 is 4.74 Å². The smallest absolute Gasteiger partial charge is 0.0465 e. The highest BCUT2D eigenvalue weighted by Gasteiger charge is 2.38. The number of ether oxygens (including phenoxy) is 1. The summed E-state index contributed by atoms with van der Waals surface area (Å²) in [5.74, 6) is 1.68. The number of benzene rings is 1. The minimum Gasteiger partial charge on any atom is -0.385 e. The fourth-order valence-corrected chi connectivity index (χ4v) is 2.22. The van der Waals surface area contributed by atoms with Crippen molar-refractivity contribution in [1.29, 1.82) is 0 Å². The van der Waals surface area contributed by atoms with E-state index in [1.165, 1.54) is 18.4 Å². The van der Waals surface area contributed by atoms with E-state index in [4.69, 9.17) is 4.74 Å². The first-order valence-corrected chi connectivity index (χ1v) is 5.37. The molecule has 1 aliphatic rings. The highest BCUT2D eigenvalue weighted by molar-refractivity contribution is 5.33. The first kappa shape index (κ1) is 9.72. The Hall–Kier alpha value is -0.820. The predicted molar refractivity (Wildman–Crippen MR) is 58.5 cm³/mol. The molecule has 0 heterocycles. The Bertz CT molecular complexity index is 306. The van der Waals surface area contributed by atoms with Crippen molar-refractivity contribution >= 4 is 0 Å². The second kappa shape index (κ2) is 4.14. The molecule has 0 aliphatic heterocycles. The third-order valence-corrected chi connectivity index (χ3v) is 3.20. The fourth-order valence-electron chi connectivity index (χ4n) is 2.22. The molecule has 76 valence electrons. The molecule has 0 radical (unpaired) electrons. The summed E-state index contributed by atoms with van der Waals surface area (Å²) in [5, 5.41) is 0. The summed E-state index contributed by atoms with van der Waals surface area (Å²) in [5.41, 5.74) is 2.99. The molecule has 1 aliphatic carbocycles. The van der Waals surface area contributed by atoms with Gasteiger partial charge in [0, 0.05) is 13.7 Å². The summed E-state index contributed by atoms with van der Waals surface area (Å²) in [6, 6.07) is 8.74. The van der Waals surface area contributed by atoms with E-state index in [9.17, 15) is 0 Å². The lowest BCUT2D eigenvalue weighted by Crippen LogP contribution is -1.92. The molecule has 0 aromatic heterocycles. The number of aryl methyl sites for hydroxylation is 1. The maximum absolute atomic E-state index is 5.11. The lowest BCUT2D eigenvalue weighted by molar-refractivity contribution is 0.189. The SMILES string of the molecule is COCCC1CC1c1ccccc1C. The highest BCUT2D eigenvalue weighted by Crippen LogP contribution is 2.50. The lowest BCUT2D eigenvalue weighted by atomic mass is 10.0. The topological polar surface area (TPSA) is 9.23 Å². The van der Waals surface area contributed by atoms with Gasteiger partial charge in [-0.1, -0.05) is 24.3 Å². The van der Waals surface area contributed by atoms with Crippen molar-refractivity contribution in [3.05, 3.63) is 35.4 Å². The minimum atomic E-state index is 0.811. The lowest BCUT2D eigenvalue weighted by Gasteiger charge is -2.04. The van der Waals surface area contributed by atoms with Crippen LogP contribution in [0.3, 0.4) is 0 Å². The Morgan fingerprint density at radius 1 is 1.36 bits per heavy atom. The molecule has 1 aromatic carbocycles. The quantitative estimate of drug-likeness (QED) is 0.708. The van der Waals surface area contributed by atoms with Gasteiger partial charge >= 0.3 is 0 Å². The molecular formula is C13H18O. The van der Waals surface area contributed by atoms with Crippen LogP contribution in [0.25, 0.3) is 0 Å². The van der Waals surface area contributed by atoms with Crippen LogP contribution in [0.4, 0.5) is 0 Å². The molecule has 1 aromatic rings. The molecular weight excluding hydrogens is 172 g/mol. The first-order valence-electron chi connectivity index (χ1n) is 5.37. The molecule has 0 N–H and O–H groups in total. The minimum absolute atomic E-state index is 0.811. The van der Waals surface area contributed by atoms with Crippen LogP contribution in [0, 0.1) is 12.8 Å². The van der Waals surface area contributed by atoms with Gasteiger partial charge < -0.3 is 4.74 Å². The van der Waals surface area contributed by atoms with Crippen LogP contribution in [-0.4, -0.2) is 13.7 Å². The van der Waals surface area contributed by atoms with Crippen molar-refractivity contribution in [2.75, 3.05) is 13.7 Å². The van der Waals surface area contributed by atoms with Crippen molar-refractivity contribution in [1.82, 2.24) is 0 Å². The second-order valence-electron chi connectivity index (χ2n) is 4.24. The zero-order valence-corrected chi connectivity index (χ0v) is 8.99. The largest absolute Gasteiger partial charge is 0.385 e. The zero-order valence-electron chi connectivity index (χ0n) is 8.99. The molecule has 1 fully saturated rings. The Kier molecular flexibility index (Phi) is 2.87. The summed E-state index contributed by atoms with van der Waals surface area (Å²) in [4.78, 5) is 0. The number of methoxy groups -OCH3 is 1. The molecule has 0 bridgehead atoms. The summed E-state index contributed by atoms with van der Waals surface area (Å²) in [6.07, 6.45) is 2.57. The molecule has 1 nitrogen and oxygen atoms in total. The van der Waals surface area contributed by atoms with E-state index < -0.39 is 0 Å². The van der Waals surface area contributed by atoms with Gasteiger partial charge in [0.05, 0.1) is 0 Å². The van der Waals surface area contributed by atoms with Crippen LogP contribution >= 0.6 is 0 Å². The molecule has 2 atom stereocenters. The summed E-state index contributed by atoms with van der Waals surface area (Å²) in [6.45, 7) is 3.12. The predicted octanol–water partition coefficient (Wildman–Crippen LogP) is 3.14. The molecule has 1 saturated carbocycles. The average molecular weight is 190 g/mol. The molecule has 14 heavy (non-hydrogen) atoms. The highest BCUT2D eigenvalue weighted by atomic mass is 16.5. The number of hydrogen-bond acceptors (Lipinski definition) is 1. The van der Waals surface area contributed by atoms with Gasteiger partial charge in [0.25, 0.3) is 0 Å². The number of hydrogen-bond donors (Lipinski definition) is 0. The van der Waals surface area contributed by atoms with E-state index in [1.54, 1.807) is 12.7 Å². The van der Waals surface area contributed by atoms with Gasteiger partial charge in [-0.3, -0.25) is 0 Å². The van der Waals surface area contributed by atoms with Crippen LogP contribution in [0.15, 0.2) is 24.3 Å². The van der Waals surface area contributed by atoms with E-state index in [0.717, 1.165) is 18.4 Å². The Morgan fingerprint density at radius 3 is 2.86 bits per heavy atom. The third-order valence-electron chi connectivity index (χ3n) is 3.20. The average Bonchev–Trinajstić information content (AvgIpc) is 2.95. The molecule has 2 unspecified atom stereocenters. The fraction of sp³-hybridized carbons (Fsp3) is 0.538. The molecule has 0 saturated heterocycles. The van der Waals surface area contributed by atoms with Gasteiger partial charge in [-0.2, -0.15) is 0 Å². The van der Waals surface area contributed by atoms with Gasteiger partial charge in [0.1, 0.15) is 0 Å². The van der Waals surface area contributed by atoms with Gasteiger partial charge in [0.2, 0.25) is 0 Å². The summed E-state index contributed by atoms with van der Waals surface area (Å²) < 4.78 is 5.11. The van der Waals surface area contributed by atoms with Crippen LogP contribution in [0.1, 0.15) is 29.9 Å². The second-order valence-corrected chi connectivity index (χ2v) is 4.24. The summed E-state index contributed by atoms with van der Waals surface area (Å²) >= 11 is 0. The van der Waals surface area contributed by atoms with E-state index in [0.29, 0.717) is 0 Å². The first-order chi connectivity index (χ1) is 6.83. The monoisotopic (exact) mass is 190 g/mol. The van der Waals surface area contributed by atoms with Crippen molar-refractivity contribution in [2.45, 2.75) is 25.7 Å². The van der Waals surface area contributed by atoms with Crippen molar-refractivity contribution in [2.24, 2.45) is 5.92 Å². The Balaban J connectivity index is 1.96. The maximum Gasteiger partial charge on any atom is 0.0465 e.